The molecule has 1 aromatic rings. The molecule has 0 radical (unpaired) electrons. The third-order valence-corrected chi connectivity index (χ3v) is 3.80. The van der Waals surface area contributed by atoms with Crippen LogP contribution in [-0.4, -0.2) is 22.2 Å². The molecule has 1 rings (SSSR count). The van der Waals surface area contributed by atoms with Gasteiger partial charge in [0.2, 0.25) is 5.91 Å². The Bertz CT molecular complexity index is 445. The number of benzene rings is 1. The Balaban J connectivity index is 2.96. The maximum Gasteiger partial charge on any atom is 0.244 e. The van der Waals surface area contributed by atoms with Crippen LogP contribution < -0.4 is 11.1 Å². The highest BCUT2D eigenvalue weighted by Gasteiger charge is 2.40. The van der Waals surface area contributed by atoms with E-state index in [9.17, 15) is 9.90 Å². The summed E-state index contributed by atoms with van der Waals surface area (Å²) in [7, 11) is 0. The predicted octanol–water partition coefficient (Wildman–Crippen LogP) is 1.53. The van der Waals surface area contributed by atoms with E-state index in [2.05, 4.69) is 5.32 Å². The Labute approximate surface area is 115 Å². The molecule has 106 valence electrons. The number of rotatable bonds is 4. The molecule has 0 aliphatic carbocycles. The first kappa shape index (κ1) is 15.7. The third kappa shape index (κ3) is 3.33. The van der Waals surface area contributed by atoms with E-state index in [4.69, 9.17) is 5.73 Å². The van der Waals surface area contributed by atoms with E-state index in [0.29, 0.717) is 0 Å². The Kier molecular flexibility index (Phi) is 4.08. The largest absolute Gasteiger partial charge is 0.388 e. The Hall–Kier alpha value is -1.39. The van der Waals surface area contributed by atoms with Gasteiger partial charge >= 0.3 is 0 Å². The van der Waals surface area contributed by atoms with Crippen LogP contribution in [0.1, 0.15) is 40.2 Å². The summed E-state index contributed by atoms with van der Waals surface area (Å²) in [5.41, 5.74) is 3.91. The molecule has 4 N–H and O–H groups in total. The van der Waals surface area contributed by atoms with Crippen LogP contribution in [0.15, 0.2) is 30.3 Å². The van der Waals surface area contributed by atoms with E-state index < -0.39 is 16.7 Å². The average molecular weight is 264 g/mol. The van der Waals surface area contributed by atoms with Gasteiger partial charge in [-0.2, -0.15) is 0 Å². The number of hydrogen-bond donors (Lipinski definition) is 3. The molecule has 1 amide bonds. The zero-order valence-corrected chi connectivity index (χ0v) is 12.3. The Morgan fingerprint density at radius 1 is 1.11 bits per heavy atom. The van der Waals surface area contributed by atoms with Gasteiger partial charge in [0.1, 0.15) is 5.54 Å². The lowest BCUT2D eigenvalue weighted by atomic mass is 9.84. The summed E-state index contributed by atoms with van der Waals surface area (Å²) in [4.78, 5) is 12.4. The van der Waals surface area contributed by atoms with Gasteiger partial charge in [-0.3, -0.25) is 4.79 Å². The lowest BCUT2D eigenvalue weighted by Crippen LogP contribution is -2.62. The van der Waals surface area contributed by atoms with Crippen LogP contribution in [0.3, 0.4) is 0 Å². The maximum atomic E-state index is 12.4. The van der Waals surface area contributed by atoms with Gasteiger partial charge in [0, 0.05) is 0 Å². The van der Waals surface area contributed by atoms with Gasteiger partial charge in [0.15, 0.2) is 0 Å². The van der Waals surface area contributed by atoms with Crippen molar-refractivity contribution in [1.29, 1.82) is 0 Å². The molecule has 0 fully saturated rings. The summed E-state index contributed by atoms with van der Waals surface area (Å²) in [6.07, 6.45) is 0. The molecule has 0 aromatic heterocycles. The lowest BCUT2D eigenvalue weighted by molar-refractivity contribution is -0.131. The summed E-state index contributed by atoms with van der Waals surface area (Å²) < 4.78 is 0. The van der Waals surface area contributed by atoms with Crippen LogP contribution in [0.2, 0.25) is 0 Å². The van der Waals surface area contributed by atoms with Crippen molar-refractivity contribution in [1.82, 2.24) is 5.32 Å². The number of nitrogens with two attached hydrogens (primary N) is 1. The van der Waals surface area contributed by atoms with Crippen molar-refractivity contribution >= 4 is 5.91 Å². The number of aliphatic hydroxyl groups is 1. The predicted molar refractivity (Wildman–Crippen MR) is 76.5 cm³/mol. The highest BCUT2D eigenvalue weighted by Crippen LogP contribution is 2.24. The van der Waals surface area contributed by atoms with E-state index in [0.717, 1.165) is 5.56 Å². The molecular weight excluding hydrogens is 240 g/mol. The smallest absolute Gasteiger partial charge is 0.244 e. The first-order valence-corrected chi connectivity index (χ1v) is 6.38. The third-order valence-electron chi connectivity index (χ3n) is 3.80. The number of carbonyl (C=O) groups is 1. The summed E-state index contributed by atoms with van der Waals surface area (Å²) >= 11 is 0. The maximum absolute atomic E-state index is 12.4. The number of carbonyl (C=O) groups excluding carboxylic acids is 1. The van der Waals surface area contributed by atoms with E-state index in [1.807, 2.05) is 30.3 Å². The van der Waals surface area contributed by atoms with Gasteiger partial charge in [-0.25, -0.2) is 0 Å². The zero-order chi connectivity index (χ0) is 14.9. The second-order valence-electron chi connectivity index (χ2n) is 6.21. The molecule has 0 saturated heterocycles. The molecule has 1 unspecified atom stereocenters. The Morgan fingerprint density at radius 2 is 1.58 bits per heavy atom. The molecule has 0 heterocycles. The molecule has 0 spiro atoms. The number of nitrogens with one attached hydrogen (secondary N) is 1. The second-order valence-corrected chi connectivity index (χ2v) is 6.21. The van der Waals surface area contributed by atoms with Gasteiger partial charge in [0.25, 0.3) is 0 Å². The van der Waals surface area contributed by atoms with Crippen LogP contribution in [0, 0.1) is 0 Å². The molecule has 0 aliphatic rings. The van der Waals surface area contributed by atoms with Crippen molar-refractivity contribution in [2.45, 2.75) is 51.3 Å². The molecular formula is C15H24N2O2. The minimum absolute atomic E-state index is 0.314. The van der Waals surface area contributed by atoms with Crippen molar-refractivity contribution < 1.29 is 9.90 Å². The van der Waals surface area contributed by atoms with Crippen LogP contribution >= 0.6 is 0 Å². The monoisotopic (exact) mass is 264 g/mol. The fourth-order valence-corrected chi connectivity index (χ4v) is 1.48. The number of hydrogen-bond acceptors (Lipinski definition) is 3. The van der Waals surface area contributed by atoms with E-state index in [1.165, 1.54) is 0 Å². The van der Waals surface area contributed by atoms with E-state index in [-0.39, 0.29) is 5.91 Å². The first-order valence-electron chi connectivity index (χ1n) is 6.38. The van der Waals surface area contributed by atoms with Gasteiger partial charge in [-0.15, -0.1) is 0 Å². The lowest BCUT2D eigenvalue weighted by Gasteiger charge is -2.40. The minimum Gasteiger partial charge on any atom is -0.388 e. The Morgan fingerprint density at radius 3 is 2.00 bits per heavy atom. The molecule has 0 saturated carbocycles. The highest BCUT2D eigenvalue weighted by molar-refractivity contribution is 5.87. The van der Waals surface area contributed by atoms with Gasteiger partial charge < -0.3 is 16.2 Å². The fourth-order valence-electron chi connectivity index (χ4n) is 1.48. The van der Waals surface area contributed by atoms with Gasteiger partial charge in [0.05, 0.1) is 11.1 Å². The molecule has 1 atom stereocenters. The van der Waals surface area contributed by atoms with Crippen molar-refractivity contribution in [2.24, 2.45) is 5.73 Å². The second kappa shape index (κ2) is 4.94. The van der Waals surface area contributed by atoms with E-state index >= 15 is 0 Å². The quantitative estimate of drug-likeness (QED) is 0.772. The SMILES string of the molecule is CC(N)(C(=O)NC(C)(C)C(C)(C)O)c1ccccc1. The van der Waals surface area contributed by atoms with Crippen molar-refractivity contribution in [3.05, 3.63) is 35.9 Å². The van der Waals surface area contributed by atoms with Crippen molar-refractivity contribution in [3.63, 3.8) is 0 Å². The van der Waals surface area contributed by atoms with Gasteiger partial charge in [-0.05, 0) is 40.2 Å². The molecule has 4 nitrogen and oxygen atoms in total. The molecule has 0 aliphatic heterocycles. The van der Waals surface area contributed by atoms with Crippen LogP contribution in [0.25, 0.3) is 0 Å². The van der Waals surface area contributed by atoms with E-state index in [1.54, 1.807) is 34.6 Å². The summed E-state index contributed by atoms with van der Waals surface area (Å²) in [5, 5.41) is 12.9. The fraction of sp³-hybridized carbons (Fsp3) is 0.533. The normalized spacial score (nSPS) is 15.7. The topological polar surface area (TPSA) is 75.4 Å². The van der Waals surface area contributed by atoms with Crippen LogP contribution in [-0.2, 0) is 10.3 Å². The summed E-state index contributed by atoms with van der Waals surface area (Å²) in [6, 6.07) is 9.19. The molecule has 1 aromatic carbocycles. The minimum atomic E-state index is -1.14. The number of amides is 1. The highest BCUT2D eigenvalue weighted by atomic mass is 16.3. The van der Waals surface area contributed by atoms with Crippen LogP contribution in [0.5, 0.6) is 0 Å². The zero-order valence-electron chi connectivity index (χ0n) is 12.3. The van der Waals surface area contributed by atoms with Gasteiger partial charge in [-0.1, -0.05) is 30.3 Å². The molecule has 19 heavy (non-hydrogen) atoms. The van der Waals surface area contributed by atoms with Crippen molar-refractivity contribution in [2.75, 3.05) is 0 Å². The first-order chi connectivity index (χ1) is 8.48. The molecule has 0 bridgehead atoms. The van der Waals surface area contributed by atoms with Crippen molar-refractivity contribution in [3.8, 4) is 0 Å². The summed E-state index contributed by atoms with van der Waals surface area (Å²) in [5.74, 6) is -0.314. The summed E-state index contributed by atoms with van der Waals surface area (Å²) in [6.45, 7) is 8.52. The molecule has 4 heteroatoms. The average Bonchev–Trinajstić information content (AvgIpc) is 2.28. The standard InChI is InChI=1S/C15H24N2O2/c1-13(2,14(3,4)19)17-12(18)15(5,16)11-9-7-6-8-10-11/h6-10,19H,16H2,1-5H3,(H,17,18). The van der Waals surface area contributed by atoms with Crippen LogP contribution in [0.4, 0.5) is 0 Å².